The molecular weight excluding hydrogens is 148 g/mol. The molecular formula is C11H12O. The molecule has 62 valence electrons. The molecule has 0 bridgehead atoms. The summed E-state index contributed by atoms with van der Waals surface area (Å²) in [4.78, 5) is 0. The van der Waals surface area contributed by atoms with Gasteiger partial charge in [-0.25, -0.2) is 0 Å². The Hall–Kier alpha value is -1.08. The summed E-state index contributed by atoms with van der Waals surface area (Å²) >= 11 is 0. The molecule has 0 radical (unpaired) electrons. The minimum atomic E-state index is 0.200. The van der Waals surface area contributed by atoms with Crippen molar-refractivity contribution in [3.63, 3.8) is 0 Å². The largest absolute Gasteiger partial charge is 0.365 e. The lowest BCUT2D eigenvalue weighted by atomic mass is 10.0. The fourth-order valence-corrected chi connectivity index (χ4v) is 1.50. The van der Waals surface area contributed by atoms with Gasteiger partial charge in [0.25, 0.3) is 0 Å². The Labute approximate surface area is 72.7 Å². The van der Waals surface area contributed by atoms with Crippen molar-refractivity contribution in [1.29, 1.82) is 0 Å². The Bertz CT molecular complexity index is 287. The van der Waals surface area contributed by atoms with Crippen molar-refractivity contribution in [3.05, 3.63) is 47.5 Å². The van der Waals surface area contributed by atoms with Gasteiger partial charge in [-0.1, -0.05) is 36.4 Å². The van der Waals surface area contributed by atoms with Crippen LogP contribution in [0.4, 0.5) is 0 Å². The van der Waals surface area contributed by atoms with Gasteiger partial charge in [0, 0.05) is 0 Å². The first-order chi connectivity index (χ1) is 5.88. The van der Waals surface area contributed by atoms with Crippen LogP contribution < -0.4 is 0 Å². The van der Waals surface area contributed by atoms with Crippen LogP contribution >= 0.6 is 0 Å². The SMILES string of the molecule is CC1=CCOC1c1ccccc1. The van der Waals surface area contributed by atoms with Gasteiger partial charge < -0.3 is 4.74 Å². The van der Waals surface area contributed by atoms with Crippen molar-refractivity contribution in [2.45, 2.75) is 13.0 Å². The Morgan fingerprint density at radius 3 is 2.58 bits per heavy atom. The summed E-state index contributed by atoms with van der Waals surface area (Å²) in [5.41, 5.74) is 2.57. The summed E-state index contributed by atoms with van der Waals surface area (Å²) < 4.78 is 5.56. The van der Waals surface area contributed by atoms with Crippen LogP contribution in [-0.4, -0.2) is 6.61 Å². The van der Waals surface area contributed by atoms with Crippen molar-refractivity contribution in [1.82, 2.24) is 0 Å². The second-order valence-corrected chi connectivity index (χ2v) is 3.07. The molecule has 0 fully saturated rings. The molecule has 12 heavy (non-hydrogen) atoms. The molecule has 0 aromatic heterocycles. The molecule has 0 N–H and O–H groups in total. The first-order valence-electron chi connectivity index (χ1n) is 4.21. The fraction of sp³-hybridized carbons (Fsp3) is 0.273. The lowest BCUT2D eigenvalue weighted by Gasteiger charge is -2.11. The highest BCUT2D eigenvalue weighted by molar-refractivity contribution is 5.27. The average Bonchev–Trinajstić information content (AvgIpc) is 2.53. The maximum absolute atomic E-state index is 5.56. The maximum atomic E-state index is 5.56. The lowest BCUT2D eigenvalue weighted by Crippen LogP contribution is -1.98. The maximum Gasteiger partial charge on any atom is 0.104 e. The zero-order chi connectivity index (χ0) is 8.39. The molecule has 0 aliphatic carbocycles. The van der Waals surface area contributed by atoms with E-state index in [-0.39, 0.29) is 6.10 Å². The molecule has 1 heterocycles. The van der Waals surface area contributed by atoms with E-state index < -0.39 is 0 Å². The topological polar surface area (TPSA) is 9.23 Å². The van der Waals surface area contributed by atoms with Gasteiger partial charge in [-0.3, -0.25) is 0 Å². The van der Waals surface area contributed by atoms with Crippen LogP contribution in [0.15, 0.2) is 42.0 Å². The smallest absolute Gasteiger partial charge is 0.104 e. The lowest BCUT2D eigenvalue weighted by molar-refractivity contribution is 0.123. The van der Waals surface area contributed by atoms with Crippen LogP contribution in [0, 0.1) is 0 Å². The molecule has 0 saturated heterocycles. The van der Waals surface area contributed by atoms with Crippen LogP contribution in [0.25, 0.3) is 0 Å². The first-order valence-corrected chi connectivity index (χ1v) is 4.21. The molecule has 1 aromatic rings. The van der Waals surface area contributed by atoms with Crippen LogP contribution in [0.5, 0.6) is 0 Å². The summed E-state index contributed by atoms with van der Waals surface area (Å²) in [6, 6.07) is 10.3. The molecule has 1 atom stereocenters. The van der Waals surface area contributed by atoms with Crippen molar-refractivity contribution in [2.75, 3.05) is 6.61 Å². The van der Waals surface area contributed by atoms with E-state index in [0.29, 0.717) is 0 Å². The minimum absolute atomic E-state index is 0.200. The monoisotopic (exact) mass is 160 g/mol. The summed E-state index contributed by atoms with van der Waals surface area (Å²) in [7, 11) is 0. The van der Waals surface area contributed by atoms with Crippen LogP contribution in [0.2, 0.25) is 0 Å². The summed E-state index contributed by atoms with van der Waals surface area (Å²) in [5.74, 6) is 0. The van der Waals surface area contributed by atoms with Crippen molar-refractivity contribution < 1.29 is 4.74 Å². The van der Waals surface area contributed by atoms with Crippen LogP contribution in [-0.2, 0) is 4.74 Å². The Balaban J connectivity index is 2.27. The minimum Gasteiger partial charge on any atom is -0.365 e. The van der Waals surface area contributed by atoms with Crippen molar-refractivity contribution >= 4 is 0 Å². The Morgan fingerprint density at radius 2 is 2.00 bits per heavy atom. The van der Waals surface area contributed by atoms with Crippen molar-refractivity contribution in [3.8, 4) is 0 Å². The van der Waals surface area contributed by atoms with Crippen molar-refractivity contribution in [2.24, 2.45) is 0 Å². The predicted octanol–water partition coefficient (Wildman–Crippen LogP) is 2.70. The van der Waals surface area contributed by atoms with Gasteiger partial charge >= 0.3 is 0 Å². The first kappa shape index (κ1) is 7.56. The standard InChI is InChI=1S/C11H12O/c1-9-7-8-12-11(9)10-5-3-2-4-6-10/h2-7,11H,8H2,1H3. The molecule has 0 amide bonds. The molecule has 1 aliphatic rings. The van der Waals surface area contributed by atoms with E-state index in [1.807, 2.05) is 18.2 Å². The molecule has 0 saturated carbocycles. The van der Waals surface area contributed by atoms with Crippen LogP contribution in [0.1, 0.15) is 18.6 Å². The molecule has 0 spiro atoms. The highest BCUT2D eigenvalue weighted by atomic mass is 16.5. The van der Waals surface area contributed by atoms with Gasteiger partial charge in [0.2, 0.25) is 0 Å². The van der Waals surface area contributed by atoms with E-state index in [2.05, 4.69) is 25.1 Å². The molecule has 1 aromatic carbocycles. The highest BCUT2D eigenvalue weighted by Crippen LogP contribution is 2.29. The number of rotatable bonds is 1. The number of benzene rings is 1. The number of ether oxygens (including phenoxy) is 1. The van der Waals surface area contributed by atoms with Gasteiger partial charge in [-0.05, 0) is 18.1 Å². The van der Waals surface area contributed by atoms with E-state index in [0.717, 1.165) is 6.61 Å². The van der Waals surface area contributed by atoms with Gasteiger partial charge in [-0.2, -0.15) is 0 Å². The zero-order valence-corrected chi connectivity index (χ0v) is 7.16. The summed E-state index contributed by atoms with van der Waals surface area (Å²) in [5, 5.41) is 0. The third-order valence-electron chi connectivity index (χ3n) is 2.18. The normalized spacial score (nSPS) is 22.4. The average molecular weight is 160 g/mol. The van der Waals surface area contributed by atoms with E-state index in [9.17, 15) is 0 Å². The predicted molar refractivity (Wildman–Crippen MR) is 48.9 cm³/mol. The summed E-state index contributed by atoms with van der Waals surface area (Å²) in [6.07, 6.45) is 2.34. The van der Waals surface area contributed by atoms with Gasteiger partial charge in [0.15, 0.2) is 0 Å². The Morgan fingerprint density at radius 1 is 1.25 bits per heavy atom. The van der Waals surface area contributed by atoms with Gasteiger partial charge in [-0.15, -0.1) is 0 Å². The quantitative estimate of drug-likeness (QED) is 0.574. The third-order valence-corrected chi connectivity index (χ3v) is 2.18. The van der Waals surface area contributed by atoms with Gasteiger partial charge in [0.1, 0.15) is 6.10 Å². The zero-order valence-electron chi connectivity index (χ0n) is 7.16. The van der Waals surface area contributed by atoms with Gasteiger partial charge in [0.05, 0.1) is 6.61 Å². The molecule has 2 rings (SSSR count). The molecule has 1 unspecified atom stereocenters. The second kappa shape index (κ2) is 3.11. The molecule has 1 aliphatic heterocycles. The number of hydrogen-bond acceptors (Lipinski definition) is 1. The number of hydrogen-bond donors (Lipinski definition) is 0. The van der Waals surface area contributed by atoms with Crippen LogP contribution in [0.3, 0.4) is 0 Å². The molecule has 1 nitrogen and oxygen atoms in total. The second-order valence-electron chi connectivity index (χ2n) is 3.07. The highest BCUT2D eigenvalue weighted by Gasteiger charge is 2.17. The van der Waals surface area contributed by atoms with E-state index in [4.69, 9.17) is 4.74 Å². The third kappa shape index (κ3) is 1.28. The Kier molecular flexibility index (Phi) is 1.96. The van der Waals surface area contributed by atoms with E-state index in [1.165, 1.54) is 11.1 Å². The summed E-state index contributed by atoms with van der Waals surface area (Å²) in [6.45, 7) is 2.87. The fourth-order valence-electron chi connectivity index (χ4n) is 1.50. The van der Waals surface area contributed by atoms with E-state index in [1.54, 1.807) is 0 Å². The molecule has 1 heteroatoms. The van der Waals surface area contributed by atoms with E-state index >= 15 is 0 Å².